The number of pyridine rings is 1. The van der Waals surface area contributed by atoms with Gasteiger partial charge >= 0.3 is 0 Å². The van der Waals surface area contributed by atoms with Gasteiger partial charge in [-0.05, 0) is 11.4 Å². The summed E-state index contributed by atoms with van der Waals surface area (Å²) < 4.78 is 51.7. The zero-order valence-corrected chi connectivity index (χ0v) is 8.42. The first-order chi connectivity index (χ1) is 7.59. The van der Waals surface area contributed by atoms with Crippen LogP contribution in [0.4, 0.5) is 28.9 Å². The lowest BCUT2D eigenvalue weighted by Gasteiger charge is -2.07. The molecule has 0 unspecified atom stereocenters. The first kappa shape index (κ1) is 10.9. The van der Waals surface area contributed by atoms with Crippen LogP contribution in [-0.4, -0.2) is 4.98 Å². The minimum atomic E-state index is -1.68. The van der Waals surface area contributed by atoms with Gasteiger partial charge in [0.1, 0.15) is 5.69 Å². The number of hydrogen-bond acceptors (Lipinski definition) is 3. The van der Waals surface area contributed by atoms with E-state index in [4.69, 9.17) is 0 Å². The van der Waals surface area contributed by atoms with Crippen molar-refractivity contribution < 1.29 is 17.6 Å². The molecule has 2 heterocycles. The molecule has 2 aromatic rings. The largest absolute Gasteiger partial charge is 0.350 e. The number of rotatable bonds is 2. The SMILES string of the molecule is Fc1nc(F)c(F)c(Nc2ccsc2)c1F. The van der Waals surface area contributed by atoms with Crippen molar-refractivity contribution in [2.24, 2.45) is 0 Å². The molecule has 1 N–H and O–H groups in total. The number of nitrogens with one attached hydrogen (secondary N) is 1. The van der Waals surface area contributed by atoms with E-state index in [1.807, 2.05) is 0 Å². The highest BCUT2D eigenvalue weighted by molar-refractivity contribution is 7.08. The predicted molar refractivity (Wildman–Crippen MR) is 51.7 cm³/mol. The van der Waals surface area contributed by atoms with Crippen molar-refractivity contribution >= 4 is 22.7 Å². The standard InChI is InChI=1S/C9H4F4N2S/c10-5-7(14-4-1-2-16-3-4)6(11)9(13)15-8(5)12/h1-3H,(H,14,15). The Labute approximate surface area is 91.6 Å². The first-order valence-electron chi connectivity index (χ1n) is 4.09. The Hall–Kier alpha value is -1.63. The maximum Gasteiger partial charge on any atom is 0.253 e. The molecule has 7 heteroatoms. The van der Waals surface area contributed by atoms with Crippen LogP contribution in [0.1, 0.15) is 0 Å². The van der Waals surface area contributed by atoms with E-state index in [-0.39, 0.29) is 0 Å². The van der Waals surface area contributed by atoms with E-state index < -0.39 is 29.2 Å². The summed E-state index contributed by atoms with van der Waals surface area (Å²) in [6.07, 6.45) is 0. The summed E-state index contributed by atoms with van der Waals surface area (Å²) in [5.41, 5.74) is -0.545. The summed E-state index contributed by atoms with van der Waals surface area (Å²) in [5, 5.41) is 5.42. The van der Waals surface area contributed by atoms with Crippen LogP contribution in [0.25, 0.3) is 0 Å². The molecule has 0 saturated carbocycles. The molecule has 2 rings (SSSR count). The second-order valence-electron chi connectivity index (χ2n) is 2.83. The van der Waals surface area contributed by atoms with Gasteiger partial charge in [-0.15, -0.1) is 0 Å². The van der Waals surface area contributed by atoms with Gasteiger partial charge in [0.05, 0.1) is 0 Å². The molecule has 0 fully saturated rings. The minimum Gasteiger partial charge on any atom is -0.350 e. The average molecular weight is 248 g/mol. The number of anilines is 2. The monoisotopic (exact) mass is 248 g/mol. The Morgan fingerprint density at radius 2 is 1.69 bits per heavy atom. The molecule has 0 spiro atoms. The van der Waals surface area contributed by atoms with E-state index in [1.165, 1.54) is 22.8 Å². The Balaban J connectivity index is 2.47. The van der Waals surface area contributed by atoms with Crippen LogP contribution in [0.3, 0.4) is 0 Å². The summed E-state index contributed by atoms with van der Waals surface area (Å²) in [6, 6.07) is 1.51. The van der Waals surface area contributed by atoms with Crippen molar-refractivity contribution in [3.63, 3.8) is 0 Å². The number of nitrogens with zero attached hydrogens (tertiary/aromatic N) is 1. The fourth-order valence-corrected chi connectivity index (χ4v) is 1.66. The van der Waals surface area contributed by atoms with Crippen LogP contribution in [-0.2, 0) is 0 Å². The van der Waals surface area contributed by atoms with Crippen molar-refractivity contribution in [2.75, 3.05) is 5.32 Å². The molecule has 0 amide bonds. The number of aromatic nitrogens is 1. The average Bonchev–Trinajstić information content (AvgIpc) is 2.74. The summed E-state index contributed by atoms with van der Waals surface area (Å²) >= 11 is 1.27. The van der Waals surface area contributed by atoms with Crippen LogP contribution in [0, 0.1) is 23.5 Å². The first-order valence-corrected chi connectivity index (χ1v) is 5.03. The highest BCUT2D eigenvalue weighted by Gasteiger charge is 2.20. The summed E-state index contributed by atoms with van der Waals surface area (Å²) in [7, 11) is 0. The van der Waals surface area contributed by atoms with Gasteiger partial charge in [0.2, 0.25) is 11.6 Å². The molecule has 0 aliphatic heterocycles. The van der Waals surface area contributed by atoms with Gasteiger partial charge in [-0.1, -0.05) is 0 Å². The maximum absolute atomic E-state index is 13.1. The lowest BCUT2D eigenvalue weighted by Crippen LogP contribution is -2.05. The van der Waals surface area contributed by atoms with E-state index in [1.54, 1.807) is 5.38 Å². The molecule has 0 saturated heterocycles. The topological polar surface area (TPSA) is 24.9 Å². The van der Waals surface area contributed by atoms with E-state index in [2.05, 4.69) is 10.3 Å². The second-order valence-corrected chi connectivity index (χ2v) is 3.61. The predicted octanol–water partition coefficient (Wildman–Crippen LogP) is 3.44. The third-order valence-electron chi connectivity index (χ3n) is 1.79. The maximum atomic E-state index is 13.1. The fraction of sp³-hybridized carbons (Fsp3) is 0. The van der Waals surface area contributed by atoms with E-state index >= 15 is 0 Å². The molecule has 0 radical (unpaired) electrons. The number of halogens is 4. The van der Waals surface area contributed by atoms with E-state index in [0.29, 0.717) is 5.69 Å². The molecular formula is C9H4F4N2S. The van der Waals surface area contributed by atoms with Gasteiger partial charge in [0, 0.05) is 11.1 Å². The molecule has 0 aliphatic carbocycles. The van der Waals surface area contributed by atoms with Crippen LogP contribution in [0.2, 0.25) is 0 Å². The Kier molecular flexibility index (Phi) is 2.78. The Morgan fingerprint density at radius 3 is 2.19 bits per heavy atom. The Bertz CT molecular complexity index is 486. The fourth-order valence-electron chi connectivity index (χ4n) is 1.08. The summed E-state index contributed by atoms with van der Waals surface area (Å²) in [6.45, 7) is 0. The molecular weight excluding hydrogens is 244 g/mol. The summed E-state index contributed by atoms with van der Waals surface area (Å²) in [5.74, 6) is -6.47. The van der Waals surface area contributed by atoms with Crippen molar-refractivity contribution in [1.29, 1.82) is 0 Å². The Morgan fingerprint density at radius 1 is 1.06 bits per heavy atom. The molecule has 0 atom stereocenters. The minimum absolute atomic E-state index is 0.341. The van der Waals surface area contributed by atoms with Gasteiger partial charge in [0.15, 0.2) is 0 Å². The summed E-state index contributed by atoms with van der Waals surface area (Å²) in [4.78, 5) is 2.44. The molecule has 2 aromatic heterocycles. The van der Waals surface area contributed by atoms with E-state index in [9.17, 15) is 17.6 Å². The van der Waals surface area contributed by atoms with E-state index in [0.717, 1.165) is 0 Å². The smallest absolute Gasteiger partial charge is 0.253 e. The third-order valence-corrected chi connectivity index (χ3v) is 2.47. The van der Waals surface area contributed by atoms with Crippen molar-refractivity contribution in [3.8, 4) is 0 Å². The second kappa shape index (κ2) is 4.09. The molecule has 16 heavy (non-hydrogen) atoms. The van der Waals surface area contributed by atoms with Crippen LogP contribution < -0.4 is 5.32 Å². The van der Waals surface area contributed by atoms with Gasteiger partial charge in [-0.3, -0.25) is 0 Å². The lowest BCUT2D eigenvalue weighted by molar-refractivity contribution is 0.411. The van der Waals surface area contributed by atoms with Crippen molar-refractivity contribution in [3.05, 3.63) is 40.4 Å². The van der Waals surface area contributed by atoms with Crippen LogP contribution in [0.15, 0.2) is 16.8 Å². The molecule has 2 nitrogen and oxygen atoms in total. The molecule has 0 aromatic carbocycles. The highest BCUT2D eigenvalue weighted by Crippen LogP contribution is 2.26. The quantitative estimate of drug-likeness (QED) is 0.650. The molecule has 0 aliphatic rings. The van der Waals surface area contributed by atoms with Gasteiger partial charge in [-0.25, -0.2) is 0 Å². The number of hydrogen-bond donors (Lipinski definition) is 1. The molecule has 0 bridgehead atoms. The third kappa shape index (κ3) is 1.85. The molecule has 84 valence electrons. The lowest BCUT2D eigenvalue weighted by atomic mass is 10.3. The van der Waals surface area contributed by atoms with Crippen LogP contribution >= 0.6 is 11.3 Å². The van der Waals surface area contributed by atoms with Gasteiger partial charge < -0.3 is 5.32 Å². The normalized spacial score (nSPS) is 10.5. The van der Waals surface area contributed by atoms with Gasteiger partial charge in [0.25, 0.3) is 11.9 Å². The van der Waals surface area contributed by atoms with Crippen molar-refractivity contribution in [2.45, 2.75) is 0 Å². The zero-order valence-electron chi connectivity index (χ0n) is 7.60. The number of thiophene rings is 1. The highest BCUT2D eigenvalue weighted by atomic mass is 32.1. The zero-order chi connectivity index (χ0) is 11.7. The van der Waals surface area contributed by atoms with Crippen molar-refractivity contribution in [1.82, 2.24) is 4.98 Å². The van der Waals surface area contributed by atoms with Crippen LogP contribution in [0.5, 0.6) is 0 Å². The van der Waals surface area contributed by atoms with Gasteiger partial charge in [-0.2, -0.15) is 33.9 Å².